The first kappa shape index (κ1) is 13.4. The average Bonchev–Trinajstić information content (AvgIpc) is 2.67. The number of β-amino-alcohol motifs (C(OH)–C–C–N with tert-alkyl or cyclic N) is 1. The van der Waals surface area contributed by atoms with E-state index >= 15 is 0 Å². The lowest BCUT2D eigenvalue weighted by atomic mass is 10.1. The minimum Gasteiger partial charge on any atom is -0.494 e. The third-order valence-corrected chi connectivity index (χ3v) is 3.44. The van der Waals surface area contributed by atoms with Gasteiger partial charge < -0.3 is 14.7 Å². The maximum atomic E-state index is 9.85. The largest absolute Gasteiger partial charge is 0.494 e. The molecule has 1 fully saturated rings. The van der Waals surface area contributed by atoms with Crippen LogP contribution in [0.1, 0.15) is 25.3 Å². The molecule has 1 aliphatic heterocycles. The molecule has 1 atom stereocenters. The molecule has 1 aliphatic rings. The molecular weight excluding hydrogens is 226 g/mol. The smallest absolute Gasteiger partial charge is 0.119 e. The van der Waals surface area contributed by atoms with Crippen molar-refractivity contribution < 1.29 is 9.84 Å². The predicted molar refractivity (Wildman–Crippen MR) is 73.0 cm³/mol. The van der Waals surface area contributed by atoms with E-state index in [0.717, 1.165) is 44.8 Å². The van der Waals surface area contributed by atoms with E-state index in [1.165, 1.54) is 5.56 Å². The van der Waals surface area contributed by atoms with Gasteiger partial charge in [0.1, 0.15) is 5.75 Å². The van der Waals surface area contributed by atoms with Crippen molar-refractivity contribution in [1.82, 2.24) is 4.90 Å². The summed E-state index contributed by atoms with van der Waals surface area (Å²) < 4.78 is 5.68. The van der Waals surface area contributed by atoms with Crippen LogP contribution in [0.4, 0.5) is 0 Å². The summed E-state index contributed by atoms with van der Waals surface area (Å²) in [6.07, 6.45) is 1.88. The van der Waals surface area contributed by atoms with Gasteiger partial charge in [-0.1, -0.05) is 17.7 Å². The van der Waals surface area contributed by atoms with Crippen molar-refractivity contribution in [1.29, 1.82) is 0 Å². The summed E-state index contributed by atoms with van der Waals surface area (Å²) in [5.41, 5.74) is 0.763. The Balaban J connectivity index is 1.63. The van der Waals surface area contributed by atoms with Crippen LogP contribution in [0.25, 0.3) is 0 Å². The van der Waals surface area contributed by atoms with E-state index in [4.69, 9.17) is 4.74 Å². The molecule has 0 spiro atoms. The summed E-state index contributed by atoms with van der Waals surface area (Å²) in [6.45, 7) is 7.51. The Morgan fingerprint density at radius 2 is 2.06 bits per heavy atom. The number of aliphatic hydroxyl groups is 1. The third kappa shape index (κ3) is 4.00. The first-order chi connectivity index (χ1) is 8.55. The normalized spacial score (nSPS) is 24.4. The van der Waals surface area contributed by atoms with Crippen LogP contribution in [0.2, 0.25) is 0 Å². The molecule has 1 saturated heterocycles. The Morgan fingerprint density at radius 3 is 2.67 bits per heavy atom. The van der Waals surface area contributed by atoms with Crippen LogP contribution in [0.15, 0.2) is 24.3 Å². The van der Waals surface area contributed by atoms with Gasteiger partial charge in [-0.15, -0.1) is 0 Å². The highest BCUT2D eigenvalue weighted by atomic mass is 16.5. The zero-order valence-corrected chi connectivity index (χ0v) is 11.4. The molecular formula is C15H23NO2. The molecule has 0 bridgehead atoms. The molecule has 2 rings (SSSR count). The predicted octanol–water partition coefficient (Wildman–Crippen LogP) is 2.22. The van der Waals surface area contributed by atoms with Gasteiger partial charge in [-0.25, -0.2) is 0 Å². The Bertz CT molecular complexity index is 373. The molecule has 0 amide bonds. The van der Waals surface area contributed by atoms with Gasteiger partial charge in [0, 0.05) is 19.6 Å². The molecule has 1 aromatic carbocycles. The van der Waals surface area contributed by atoms with Crippen molar-refractivity contribution in [2.75, 3.05) is 26.2 Å². The second kappa shape index (κ2) is 5.72. The van der Waals surface area contributed by atoms with E-state index in [-0.39, 0.29) is 0 Å². The minimum absolute atomic E-state index is 0.488. The van der Waals surface area contributed by atoms with Gasteiger partial charge in [0.2, 0.25) is 0 Å². The first-order valence-electron chi connectivity index (χ1n) is 6.69. The Kier molecular flexibility index (Phi) is 4.25. The zero-order valence-electron chi connectivity index (χ0n) is 11.4. The molecule has 1 aromatic rings. The molecule has 100 valence electrons. The van der Waals surface area contributed by atoms with Crippen LogP contribution in [-0.2, 0) is 0 Å². The van der Waals surface area contributed by atoms with Gasteiger partial charge >= 0.3 is 0 Å². The van der Waals surface area contributed by atoms with Crippen molar-refractivity contribution in [3.63, 3.8) is 0 Å². The van der Waals surface area contributed by atoms with Crippen molar-refractivity contribution >= 4 is 0 Å². The van der Waals surface area contributed by atoms with Crippen molar-refractivity contribution in [3.8, 4) is 5.75 Å². The van der Waals surface area contributed by atoms with Crippen LogP contribution in [-0.4, -0.2) is 41.8 Å². The number of benzene rings is 1. The van der Waals surface area contributed by atoms with E-state index in [2.05, 4.69) is 24.0 Å². The minimum atomic E-state index is -0.488. The highest BCUT2D eigenvalue weighted by Gasteiger charge is 2.30. The van der Waals surface area contributed by atoms with Gasteiger partial charge in [-0.2, -0.15) is 0 Å². The maximum absolute atomic E-state index is 9.85. The van der Waals surface area contributed by atoms with Crippen molar-refractivity contribution in [2.45, 2.75) is 32.3 Å². The van der Waals surface area contributed by atoms with E-state index < -0.39 is 5.60 Å². The van der Waals surface area contributed by atoms with Gasteiger partial charge in [-0.3, -0.25) is 0 Å². The summed E-state index contributed by atoms with van der Waals surface area (Å²) in [5.74, 6) is 0.939. The highest BCUT2D eigenvalue weighted by Crippen LogP contribution is 2.20. The van der Waals surface area contributed by atoms with E-state index in [1.807, 2.05) is 19.1 Å². The lowest BCUT2D eigenvalue weighted by molar-refractivity contribution is 0.0681. The number of rotatable bonds is 5. The summed E-state index contributed by atoms with van der Waals surface area (Å²) in [6, 6.07) is 8.14. The van der Waals surface area contributed by atoms with Gasteiger partial charge in [0.25, 0.3) is 0 Å². The zero-order chi connectivity index (χ0) is 13.0. The van der Waals surface area contributed by atoms with Crippen LogP contribution >= 0.6 is 0 Å². The SMILES string of the molecule is Cc1ccc(OCCCN2CCC(C)(O)C2)cc1. The van der Waals surface area contributed by atoms with Crippen molar-refractivity contribution in [3.05, 3.63) is 29.8 Å². The number of aryl methyl sites for hydroxylation is 1. The Morgan fingerprint density at radius 1 is 1.33 bits per heavy atom. The van der Waals surface area contributed by atoms with E-state index in [0.29, 0.717) is 0 Å². The lowest BCUT2D eigenvalue weighted by Gasteiger charge is -2.18. The molecule has 0 radical (unpaired) electrons. The summed E-state index contributed by atoms with van der Waals surface area (Å²) in [4.78, 5) is 2.30. The second-order valence-electron chi connectivity index (χ2n) is 5.54. The molecule has 18 heavy (non-hydrogen) atoms. The summed E-state index contributed by atoms with van der Waals surface area (Å²) >= 11 is 0. The highest BCUT2D eigenvalue weighted by molar-refractivity contribution is 5.26. The topological polar surface area (TPSA) is 32.7 Å². The number of ether oxygens (including phenoxy) is 1. The average molecular weight is 249 g/mol. The number of nitrogens with zero attached hydrogens (tertiary/aromatic N) is 1. The van der Waals surface area contributed by atoms with E-state index in [1.54, 1.807) is 0 Å². The van der Waals surface area contributed by atoms with Crippen LogP contribution in [0, 0.1) is 6.92 Å². The third-order valence-electron chi connectivity index (χ3n) is 3.44. The number of hydrogen-bond donors (Lipinski definition) is 1. The summed E-state index contributed by atoms with van der Waals surface area (Å²) in [7, 11) is 0. The molecule has 1 N–H and O–H groups in total. The molecule has 3 nitrogen and oxygen atoms in total. The molecule has 0 aliphatic carbocycles. The first-order valence-corrected chi connectivity index (χ1v) is 6.69. The summed E-state index contributed by atoms with van der Waals surface area (Å²) in [5, 5.41) is 9.85. The fraction of sp³-hybridized carbons (Fsp3) is 0.600. The van der Waals surface area contributed by atoms with E-state index in [9.17, 15) is 5.11 Å². The quantitative estimate of drug-likeness (QED) is 0.812. The Hall–Kier alpha value is -1.06. The van der Waals surface area contributed by atoms with Gasteiger partial charge in [-0.05, 0) is 38.8 Å². The Labute approximate surface area is 109 Å². The molecule has 0 saturated carbocycles. The van der Waals surface area contributed by atoms with Crippen LogP contribution < -0.4 is 4.74 Å². The lowest BCUT2D eigenvalue weighted by Crippen LogP contribution is -2.30. The fourth-order valence-corrected chi connectivity index (χ4v) is 2.34. The maximum Gasteiger partial charge on any atom is 0.119 e. The van der Waals surface area contributed by atoms with Crippen molar-refractivity contribution in [2.24, 2.45) is 0 Å². The van der Waals surface area contributed by atoms with Crippen LogP contribution in [0.5, 0.6) is 5.75 Å². The fourth-order valence-electron chi connectivity index (χ4n) is 2.34. The monoisotopic (exact) mass is 249 g/mol. The standard InChI is InChI=1S/C15H23NO2/c1-13-4-6-14(7-5-13)18-11-3-9-16-10-8-15(2,17)12-16/h4-7,17H,3,8-12H2,1-2H3. The number of hydrogen-bond acceptors (Lipinski definition) is 3. The molecule has 3 heteroatoms. The van der Waals surface area contributed by atoms with Crippen LogP contribution in [0.3, 0.4) is 0 Å². The number of likely N-dealkylation sites (tertiary alicyclic amines) is 1. The second-order valence-corrected chi connectivity index (χ2v) is 5.54. The molecule has 1 heterocycles. The van der Waals surface area contributed by atoms with Gasteiger partial charge in [0.05, 0.1) is 12.2 Å². The molecule has 0 aromatic heterocycles. The van der Waals surface area contributed by atoms with Gasteiger partial charge in [0.15, 0.2) is 0 Å². The molecule has 1 unspecified atom stereocenters.